The molecule has 0 fully saturated rings. The summed E-state index contributed by atoms with van der Waals surface area (Å²) >= 11 is 5.23. The van der Waals surface area contributed by atoms with Crippen molar-refractivity contribution in [3.8, 4) is 17.0 Å². The van der Waals surface area contributed by atoms with Crippen LogP contribution in [0.15, 0.2) is 24.3 Å². The van der Waals surface area contributed by atoms with Gasteiger partial charge >= 0.3 is 0 Å². The molecule has 2 aromatic rings. The first-order valence-corrected chi connectivity index (χ1v) is 7.03. The predicted octanol–water partition coefficient (Wildman–Crippen LogP) is 3.28. The SMILES string of the molecule is COCc1nc(=S)cc(-c2cccc3c2OCCC3)[nH]1. The van der Waals surface area contributed by atoms with Gasteiger partial charge in [-0.25, -0.2) is 4.98 Å². The molecule has 1 aromatic carbocycles. The van der Waals surface area contributed by atoms with Gasteiger partial charge < -0.3 is 14.5 Å². The Hall–Kier alpha value is -1.72. The highest BCUT2D eigenvalue weighted by atomic mass is 32.1. The highest BCUT2D eigenvalue weighted by Gasteiger charge is 2.16. The van der Waals surface area contributed by atoms with Gasteiger partial charge in [-0.15, -0.1) is 0 Å². The van der Waals surface area contributed by atoms with E-state index < -0.39 is 0 Å². The average Bonchev–Trinajstić information content (AvgIpc) is 2.46. The Morgan fingerprint density at radius 3 is 3.20 bits per heavy atom. The minimum atomic E-state index is 0.410. The normalized spacial score (nSPS) is 13.7. The molecule has 4 nitrogen and oxygen atoms in total. The van der Waals surface area contributed by atoms with E-state index in [0.717, 1.165) is 42.3 Å². The Labute approximate surface area is 122 Å². The molecule has 1 N–H and O–H groups in total. The molecule has 0 amide bonds. The van der Waals surface area contributed by atoms with Gasteiger partial charge in [0.25, 0.3) is 0 Å². The molecule has 20 heavy (non-hydrogen) atoms. The second-order valence-electron chi connectivity index (χ2n) is 4.76. The van der Waals surface area contributed by atoms with Crippen LogP contribution in [0.5, 0.6) is 5.75 Å². The number of nitrogens with one attached hydrogen (secondary N) is 1. The molecular weight excluding hydrogens is 272 g/mol. The third-order valence-electron chi connectivity index (χ3n) is 3.30. The van der Waals surface area contributed by atoms with Gasteiger partial charge in [0.1, 0.15) is 22.8 Å². The van der Waals surface area contributed by atoms with Crippen molar-refractivity contribution in [1.82, 2.24) is 9.97 Å². The number of hydrogen-bond acceptors (Lipinski definition) is 4. The highest BCUT2D eigenvalue weighted by Crippen LogP contribution is 2.35. The van der Waals surface area contributed by atoms with E-state index in [1.807, 2.05) is 12.1 Å². The monoisotopic (exact) mass is 288 g/mol. The number of methoxy groups -OCH3 is 1. The van der Waals surface area contributed by atoms with Crippen molar-refractivity contribution in [3.05, 3.63) is 40.3 Å². The van der Waals surface area contributed by atoms with Crippen LogP contribution in [-0.4, -0.2) is 23.7 Å². The Kier molecular flexibility index (Phi) is 3.80. The summed E-state index contributed by atoms with van der Waals surface area (Å²) in [7, 11) is 1.64. The molecular formula is C15H16N2O2S. The van der Waals surface area contributed by atoms with Crippen molar-refractivity contribution in [3.63, 3.8) is 0 Å². The summed E-state index contributed by atoms with van der Waals surface area (Å²) in [4.78, 5) is 7.52. The lowest BCUT2D eigenvalue weighted by Gasteiger charge is -2.20. The van der Waals surface area contributed by atoms with E-state index in [0.29, 0.717) is 11.2 Å². The van der Waals surface area contributed by atoms with Crippen LogP contribution in [0.25, 0.3) is 11.3 Å². The second kappa shape index (κ2) is 5.73. The Morgan fingerprint density at radius 1 is 1.45 bits per heavy atom. The number of fused-ring (bicyclic) bond motifs is 1. The van der Waals surface area contributed by atoms with Crippen LogP contribution in [0.1, 0.15) is 17.8 Å². The van der Waals surface area contributed by atoms with Crippen LogP contribution in [0.4, 0.5) is 0 Å². The number of benzene rings is 1. The van der Waals surface area contributed by atoms with Gasteiger partial charge in [-0.1, -0.05) is 24.4 Å². The molecule has 1 aromatic heterocycles. The fraction of sp³-hybridized carbons (Fsp3) is 0.333. The van der Waals surface area contributed by atoms with Gasteiger partial charge in [0.15, 0.2) is 0 Å². The number of nitrogens with zero attached hydrogens (tertiary/aromatic N) is 1. The van der Waals surface area contributed by atoms with Gasteiger partial charge in [0.2, 0.25) is 0 Å². The molecule has 5 heteroatoms. The number of hydrogen-bond donors (Lipinski definition) is 1. The number of aryl methyl sites for hydroxylation is 1. The number of aromatic nitrogens is 2. The van der Waals surface area contributed by atoms with Gasteiger partial charge in [-0.2, -0.15) is 0 Å². The maximum absolute atomic E-state index is 5.84. The van der Waals surface area contributed by atoms with Gasteiger partial charge in [-0.05, 0) is 30.5 Å². The molecule has 0 unspecified atom stereocenters. The summed E-state index contributed by atoms with van der Waals surface area (Å²) in [5.74, 6) is 1.68. The predicted molar refractivity (Wildman–Crippen MR) is 79.4 cm³/mol. The number of para-hydroxylation sites is 1. The molecule has 104 valence electrons. The summed E-state index contributed by atoms with van der Waals surface area (Å²) in [5.41, 5.74) is 3.21. The van der Waals surface area contributed by atoms with Gasteiger partial charge in [0.05, 0.1) is 12.3 Å². The summed E-state index contributed by atoms with van der Waals surface area (Å²) in [6.45, 7) is 1.17. The zero-order valence-corrected chi connectivity index (χ0v) is 12.1. The fourth-order valence-electron chi connectivity index (χ4n) is 2.46. The van der Waals surface area contributed by atoms with Crippen LogP contribution < -0.4 is 4.74 Å². The van der Waals surface area contributed by atoms with E-state index in [1.54, 1.807) is 7.11 Å². The van der Waals surface area contributed by atoms with Crippen molar-refractivity contribution in [1.29, 1.82) is 0 Å². The Bertz CT molecular complexity index is 682. The summed E-state index contributed by atoms with van der Waals surface area (Å²) in [6.07, 6.45) is 2.12. The summed E-state index contributed by atoms with van der Waals surface area (Å²) in [6, 6.07) is 8.07. The standard InChI is InChI=1S/C15H16N2O2S/c1-18-9-13-16-12(8-14(20)17-13)11-6-2-4-10-5-3-7-19-15(10)11/h2,4,6,8H,3,5,7,9H2,1H3,(H,16,17,20). The lowest BCUT2D eigenvalue weighted by Crippen LogP contribution is -2.09. The number of rotatable bonds is 3. The maximum Gasteiger partial charge on any atom is 0.134 e. The maximum atomic E-state index is 5.84. The van der Waals surface area contributed by atoms with E-state index >= 15 is 0 Å². The zero-order valence-electron chi connectivity index (χ0n) is 11.3. The lowest BCUT2D eigenvalue weighted by molar-refractivity contribution is 0.177. The zero-order chi connectivity index (χ0) is 13.9. The number of ether oxygens (including phenoxy) is 2. The first-order chi connectivity index (χ1) is 9.78. The number of H-pyrrole nitrogens is 1. The van der Waals surface area contributed by atoms with E-state index in [1.165, 1.54) is 5.56 Å². The van der Waals surface area contributed by atoms with Crippen molar-refractivity contribution < 1.29 is 9.47 Å². The first kappa shape index (κ1) is 13.3. The third-order valence-corrected chi connectivity index (χ3v) is 3.51. The molecule has 0 atom stereocenters. The first-order valence-electron chi connectivity index (χ1n) is 6.62. The van der Waals surface area contributed by atoms with Crippen LogP contribution in [-0.2, 0) is 17.8 Å². The quantitative estimate of drug-likeness (QED) is 0.881. The van der Waals surface area contributed by atoms with Crippen molar-refractivity contribution in [2.75, 3.05) is 13.7 Å². The van der Waals surface area contributed by atoms with Crippen LogP contribution in [0.3, 0.4) is 0 Å². The lowest BCUT2D eigenvalue weighted by atomic mass is 10.0. The van der Waals surface area contributed by atoms with Crippen LogP contribution >= 0.6 is 12.2 Å². The molecule has 0 spiro atoms. The number of aromatic amines is 1. The molecule has 2 heterocycles. The Balaban J connectivity index is 2.11. The van der Waals surface area contributed by atoms with E-state index in [-0.39, 0.29) is 0 Å². The molecule has 0 bridgehead atoms. The van der Waals surface area contributed by atoms with Gasteiger partial charge in [-0.3, -0.25) is 0 Å². The van der Waals surface area contributed by atoms with E-state index in [4.69, 9.17) is 21.7 Å². The van der Waals surface area contributed by atoms with Crippen LogP contribution in [0.2, 0.25) is 0 Å². The molecule has 1 aliphatic heterocycles. The minimum Gasteiger partial charge on any atom is -0.493 e. The smallest absolute Gasteiger partial charge is 0.134 e. The summed E-state index contributed by atoms with van der Waals surface area (Å²) in [5, 5.41) is 0. The van der Waals surface area contributed by atoms with Crippen molar-refractivity contribution in [2.45, 2.75) is 19.4 Å². The fourth-order valence-corrected chi connectivity index (χ4v) is 2.69. The summed E-state index contributed by atoms with van der Waals surface area (Å²) < 4.78 is 11.5. The van der Waals surface area contributed by atoms with Crippen LogP contribution in [0, 0.1) is 4.64 Å². The molecule has 3 rings (SSSR count). The second-order valence-corrected chi connectivity index (χ2v) is 5.18. The highest BCUT2D eigenvalue weighted by molar-refractivity contribution is 7.71. The molecule has 0 aliphatic carbocycles. The van der Waals surface area contributed by atoms with E-state index in [9.17, 15) is 0 Å². The molecule has 1 aliphatic rings. The van der Waals surface area contributed by atoms with Crippen molar-refractivity contribution >= 4 is 12.2 Å². The average molecular weight is 288 g/mol. The largest absolute Gasteiger partial charge is 0.493 e. The molecule has 0 radical (unpaired) electrons. The third kappa shape index (κ3) is 2.59. The molecule has 0 saturated heterocycles. The topological polar surface area (TPSA) is 47.1 Å². The van der Waals surface area contributed by atoms with E-state index in [2.05, 4.69) is 22.1 Å². The molecule has 0 saturated carbocycles. The Morgan fingerprint density at radius 2 is 2.35 bits per heavy atom. The van der Waals surface area contributed by atoms with Gasteiger partial charge in [0, 0.05) is 12.7 Å². The minimum absolute atomic E-state index is 0.410. The van der Waals surface area contributed by atoms with Crippen molar-refractivity contribution in [2.24, 2.45) is 0 Å².